The van der Waals surface area contributed by atoms with Gasteiger partial charge in [-0.05, 0) is 56.7 Å². The molecule has 0 heterocycles. The lowest BCUT2D eigenvalue weighted by atomic mass is 10.1. The van der Waals surface area contributed by atoms with Crippen molar-refractivity contribution in [2.45, 2.75) is 50.7 Å². The third kappa shape index (κ3) is 7.50. The first-order valence-electron chi connectivity index (χ1n) is 12.3. The van der Waals surface area contributed by atoms with Crippen LogP contribution in [-0.2, 0) is 26.2 Å². The van der Waals surface area contributed by atoms with Crippen molar-refractivity contribution in [1.29, 1.82) is 0 Å². The van der Waals surface area contributed by atoms with E-state index in [4.69, 9.17) is 23.2 Å². The fraction of sp³-hybridized carbons (Fsp3) is 0.286. The van der Waals surface area contributed by atoms with Crippen LogP contribution in [0.2, 0.25) is 10.0 Å². The fourth-order valence-electron chi connectivity index (χ4n) is 3.75. The van der Waals surface area contributed by atoms with Gasteiger partial charge in [0.25, 0.3) is 10.0 Å². The van der Waals surface area contributed by atoms with Gasteiger partial charge >= 0.3 is 0 Å². The highest BCUT2D eigenvalue weighted by atomic mass is 35.5. The van der Waals surface area contributed by atoms with Crippen molar-refractivity contribution in [3.8, 4) is 0 Å². The van der Waals surface area contributed by atoms with E-state index in [1.54, 1.807) is 24.3 Å². The molecule has 7 nitrogen and oxygen atoms in total. The van der Waals surface area contributed by atoms with Gasteiger partial charge in [0.1, 0.15) is 18.4 Å². The number of hydrogen-bond donors (Lipinski definition) is 1. The lowest BCUT2D eigenvalue weighted by molar-refractivity contribution is -0.139. The van der Waals surface area contributed by atoms with Gasteiger partial charge in [-0.2, -0.15) is 0 Å². The number of benzene rings is 3. The summed E-state index contributed by atoms with van der Waals surface area (Å²) < 4.78 is 42.9. The summed E-state index contributed by atoms with van der Waals surface area (Å²) in [6.07, 6.45) is 0.667. The first-order valence-corrected chi connectivity index (χ1v) is 14.5. The van der Waals surface area contributed by atoms with E-state index in [2.05, 4.69) is 5.32 Å². The number of sulfonamides is 1. The molecule has 1 N–H and O–H groups in total. The predicted molar refractivity (Wildman–Crippen MR) is 152 cm³/mol. The van der Waals surface area contributed by atoms with E-state index in [0.29, 0.717) is 6.42 Å². The molecule has 2 atom stereocenters. The molecule has 39 heavy (non-hydrogen) atoms. The molecule has 0 aromatic heterocycles. The molecule has 0 aliphatic heterocycles. The fourth-order valence-corrected chi connectivity index (χ4v) is 5.47. The molecular weight excluding hydrogens is 564 g/mol. The Hall–Kier alpha value is -3.14. The van der Waals surface area contributed by atoms with Crippen LogP contribution in [0.1, 0.15) is 32.8 Å². The van der Waals surface area contributed by atoms with Crippen LogP contribution in [0, 0.1) is 5.82 Å². The number of anilines is 1. The Morgan fingerprint density at radius 1 is 0.949 bits per heavy atom. The van der Waals surface area contributed by atoms with Crippen molar-refractivity contribution in [3.63, 3.8) is 0 Å². The van der Waals surface area contributed by atoms with Gasteiger partial charge in [-0.25, -0.2) is 12.8 Å². The van der Waals surface area contributed by atoms with E-state index in [0.717, 1.165) is 4.31 Å². The van der Waals surface area contributed by atoms with E-state index in [9.17, 15) is 22.4 Å². The van der Waals surface area contributed by atoms with E-state index in [-0.39, 0.29) is 38.8 Å². The van der Waals surface area contributed by atoms with Crippen molar-refractivity contribution in [3.05, 3.63) is 94.2 Å². The second-order valence-corrected chi connectivity index (χ2v) is 11.7. The Kier molecular flexibility index (Phi) is 10.4. The second kappa shape index (κ2) is 13.3. The van der Waals surface area contributed by atoms with Gasteiger partial charge in [0.2, 0.25) is 11.8 Å². The number of carbonyl (C=O) groups is 2. The maximum atomic E-state index is 14.6. The van der Waals surface area contributed by atoms with Crippen molar-refractivity contribution in [2.24, 2.45) is 0 Å². The number of nitrogens with zero attached hydrogens (tertiary/aromatic N) is 2. The van der Waals surface area contributed by atoms with Crippen LogP contribution in [-0.4, -0.2) is 43.8 Å². The molecule has 0 saturated carbocycles. The minimum Gasteiger partial charge on any atom is -0.352 e. The van der Waals surface area contributed by atoms with Gasteiger partial charge in [-0.15, -0.1) is 0 Å². The average molecular weight is 595 g/mol. The molecule has 3 aromatic carbocycles. The van der Waals surface area contributed by atoms with Crippen LogP contribution in [0.25, 0.3) is 0 Å². The Balaban J connectivity index is 2.05. The Morgan fingerprint density at radius 3 is 2.21 bits per heavy atom. The SMILES string of the molecule is CC[C@H](C)NC(=O)[C@H](C)N(Cc1ccccc1F)C(=O)CN(c1ccc(Cl)c(Cl)c1)S(=O)(=O)c1ccccc1. The zero-order chi connectivity index (χ0) is 28.7. The summed E-state index contributed by atoms with van der Waals surface area (Å²) in [6.45, 7) is 4.32. The van der Waals surface area contributed by atoms with Crippen LogP contribution in [0.4, 0.5) is 10.1 Å². The molecule has 0 aliphatic rings. The molecule has 0 aliphatic carbocycles. The summed E-state index contributed by atoms with van der Waals surface area (Å²) in [7, 11) is -4.25. The van der Waals surface area contributed by atoms with Crippen LogP contribution in [0.3, 0.4) is 0 Å². The van der Waals surface area contributed by atoms with Crippen LogP contribution < -0.4 is 9.62 Å². The minimum absolute atomic E-state index is 0.0490. The topological polar surface area (TPSA) is 86.8 Å². The maximum Gasteiger partial charge on any atom is 0.264 e. The van der Waals surface area contributed by atoms with E-state index >= 15 is 0 Å². The standard InChI is InChI=1S/C28H30Cl2FN3O4S/c1-4-19(2)32-28(36)20(3)33(17-21-10-8-9-13-26(21)31)27(35)18-34(22-14-15-24(29)25(30)16-22)39(37,38)23-11-6-5-7-12-23/h5-16,19-20H,4,17-18H2,1-3H3,(H,32,36)/t19-,20-/m0/s1. The third-order valence-electron chi connectivity index (χ3n) is 6.27. The number of hydrogen-bond acceptors (Lipinski definition) is 4. The molecule has 208 valence electrons. The van der Waals surface area contributed by atoms with Gasteiger partial charge in [0.15, 0.2) is 0 Å². The van der Waals surface area contributed by atoms with Crippen molar-refractivity contribution in [2.75, 3.05) is 10.8 Å². The summed E-state index contributed by atoms with van der Waals surface area (Å²) in [5.41, 5.74) is 0.283. The Morgan fingerprint density at radius 2 is 1.59 bits per heavy atom. The van der Waals surface area contributed by atoms with E-state index in [1.807, 2.05) is 13.8 Å². The quantitative estimate of drug-likeness (QED) is 0.311. The zero-order valence-corrected chi connectivity index (χ0v) is 24.1. The molecule has 11 heteroatoms. The maximum absolute atomic E-state index is 14.6. The molecule has 0 bridgehead atoms. The van der Waals surface area contributed by atoms with Gasteiger partial charge in [0, 0.05) is 18.2 Å². The molecule has 3 rings (SSSR count). The third-order valence-corrected chi connectivity index (χ3v) is 8.80. The average Bonchev–Trinajstić information content (AvgIpc) is 2.92. The molecule has 0 unspecified atom stereocenters. The zero-order valence-electron chi connectivity index (χ0n) is 21.8. The van der Waals surface area contributed by atoms with Crippen molar-refractivity contribution >= 4 is 50.7 Å². The first kappa shape index (κ1) is 30.4. The summed E-state index contributed by atoms with van der Waals surface area (Å²) in [6, 6.07) is 16.5. The van der Waals surface area contributed by atoms with Crippen molar-refractivity contribution < 1.29 is 22.4 Å². The van der Waals surface area contributed by atoms with Gasteiger partial charge < -0.3 is 10.2 Å². The molecule has 2 amide bonds. The molecular formula is C28H30Cl2FN3O4S. The summed E-state index contributed by atoms with van der Waals surface area (Å²) in [5.74, 6) is -1.71. The minimum atomic E-state index is -4.25. The largest absolute Gasteiger partial charge is 0.352 e. The summed E-state index contributed by atoms with van der Waals surface area (Å²) >= 11 is 12.2. The highest BCUT2D eigenvalue weighted by molar-refractivity contribution is 7.92. The Bertz CT molecular complexity index is 1420. The molecule has 0 saturated heterocycles. The predicted octanol–water partition coefficient (Wildman–Crippen LogP) is 5.66. The lowest BCUT2D eigenvalue weighted by Gasteiger charge is -2.32. The van der Waals surface area contributed by atoms with E-state index in [1.165, 1.54) is 60.4 Å². The first-order chi connectivity index (χ1) is 18.4. The second-order valence-electron chi connectivity index (χ2n) is 9.03. The summed E-state index contributed by atoms with van der Waals surface area (Å²) in [4.78, 5) is 28.0. The van der Waals surface area contributed by atoms with Gasteiger partial charge in [-0.1, -0.05) is 66.5 Å². The highest BCUT2D eigenvalue weighted by Crippen LogP contribution is 2.31. The number of halogens is 3. The van der Waals surface area contributed by atoms with Crippen molar-refractivity contribution in [1.82, 2.24) is 10.2 Å². The van der Waals surface area contributed by atoms with Crippen LogP contribution in [0.5, 0.6) is 0 Å². The normalized spacial score (nSPS) is 12.9. The van der Waals surface area contributed by atoms with Crippen LogP contribution >= 0.6 is 23.2 Å². The smallest absolute Gasteiger partial charge is 0.264 e. The van der Waals surface area contributed by atoms with Gasteiger partial charge in [0.05, 0.1) is 20.6 Å². The molecule has 0 radical (unpaired) electrons. The Labute approximate surface area is 238 Å². The number of nitrogens with one attached hydrogen (secondary N) is 1. The number of rotatable bonds is 11. The monoisotopic (exact) mass is 593 g/mol. The molecule has 0 fully saturated rings. The lowest BCUT2D eigenvalue weighted by Crippen LogP contribution is -2.52. The number of carbonyl (C=O) groups excluding carboxylic acids is 2. The molecule has 0 spiro atoms. The van der Waals surface area contributed by atoms with E-state index < -0.39 is 40.2 Å². The van der Waals surface area contributed by atoms with Crippen LogP contribution in [0.15, 0.2) is 77.7 Å². The summed E-state index contributed by atoms with van der Waals surface area (Å²) in [5, 5.41) is 3.13. The highest BCUT2D eigenvalue weighted by Gasteiger charge is 2.33. The number of amides is 2. The van der Waals surface area contributed by atoms with Gasteiger partial charge in [-0.3, -0.25) is 13.9 Å². The molecule has 3 aromatic rings.